The monoisotopic (exact) mass is 220 g/mol. The van der Waals surface area contributed by atoms with Crippen LogP contribution < -0.4 is 0 Å². The lowest BCUT2D eigenvalue weighted by atomic mass is 9.81. The van der Waals surface area contributed by atoms with Crippen LogP contribution in [0.3, 0.4) is 0 Å². The minimum atomic E-state index is -0.211. The molecule has 16 heavy (non-hydrogen) atoms. The van der Waals surface area contributed by atoms with Crippen molar-refractivity contribution in [2.45, 2.75) is 51.6 Å². The number of aliphatic hydroxyl groups excluding tert-OH is 1. The summed E-state index contributed by atoms with van der Waals surface area (Å²) >= 11 is 0. The number of phenols is 1. The highest BCUT2D eigenvalue weighted by atomic mass is 16.3. The molecule has 2 nitrogen and oxygen atoms in total. The van der Waals surface area contributed by atoms with Crippen molar-refractivity contribution in [1.29, 1.82) is 0 Å². The summed E-state index contributed by atoms with van der Waals surface area (Å²) in [5, 5.41) is 19.7. The van der Waals surface area contributed by atoms with Gasteiger partial charge in [0.15, 0.2) is 0 Å². The highest BCUT2D eigenvalue weighted by molar-refractivity contribution is 5.43. The number of hydrogen-bond donors (Lipinski definition) is 2. The van der Waals surface area contributed by atoms with E-state index in [1.807, 2.05) is 26.0 Å². The zero-order valence-corrected chi connectivity index (χ0v) is 10.0. The molecule has 0 amide bonds. The van der Waals surface area contributed by atoms with E-state index in [9.17, 15) is 10.2 Å². The number of rotatable bonds is 1. The van der Waals surface area contributed by atoms with Crippen LogP contribution in [0.15, 0.2) is 12.1 Å². The van der Waals surface area contributed by atoms with E-state index in [-0.39, 0.29) is 12.0 Å². The molecule has 1 aromatic carbocycles. The van der Waals surface area contributed by atoms with Crippen molar-refractivity contribution in [3.05, 3.63) is 28.8 Å². The van der Waals surface area contributed by atoms with Crippen LogP contribution in [-0.2, 0) is 0 Å². The van der Waals surface area contributed by atoms with Crippen molar-refractivity contribution < 1.29 is 10.2 Å². The molecule has 1 fully saturated rings. The van der Waals surface area contributed by atoms with Crippen LogP contribution in [0.2, 0.25) is 0 Å². The molecule has 2 atom stereocenters. The van der Waals surface area contributed by atoms with Gasteiger partial charge in [0.25, 0.3) is 0 Å². The van der Waals surface area contributed by atoms with E-state index in [0.717, 1.165) is 30.4 Å². The molecule has 0 heterocycles. The van der Waals surface area contributed by atoms with Gasteiger partial charge in [-0.1, -0.05) is 25.0 Å². The summed E-state index contributed by atoms with van der Waals surface area (Å²) < 4.78 is 0. The fourth-order valence-electron chi connectivity index (χ4n) is 2.70. The molecule has 2 rings (SSSR count). The molecule has 1 saturated carbocycles. The Morgan fingerprint density at radius 2 is 1.62 bits per heavy atom. The van der Waals surface area contributed by atoms with Gasteiger partial charge in [-0.3, -0.25) is 0 Å². The molecule has 1 aliphatic carbocycles. The highest BCUT2D eigenvalue weighted by Crippen LogP contribution is 2.35. The second-order valence-corrected chi connectivity index (χ2v) is 4.96. The minimum Gasteiger partial charge on any atom is -0.507 e. The smallest absolute Gasteiger partial charge is 0.121 e. The number of phenolic OH excluding ortho intramolecular Hbond substituents is 1. The van der Waals surface area contributed by atoms with Gasteiger partial charge in [0.1, 0.15) is 5.75 Å². The first-order valence-electron chi connectivity index (χ1n) is 6.08. The maximum absolute atomic E-state index is 10.0. The number of aryl methyl sites for hydroxylation is 2. The van der Waals surface area contributed by atoms with E-state index in [1.54, 1.807) is 0 Å². The van der Waals surface area contributed by atoms with Crippen LogP contribution in [0.5, 0.6) is 5.75 Å². The largest absolute Gasteiger partial charge is 0.507 e. The normalized spacial score (nSPS) is 25.7. The Hall–Kier alpha value is -1.02. The van der Waals surface area contributed by atoms with Crippen molar-refractivity contribution in [1.82, 2.24) is 0 Å². The average molecular weight is 220 g/mol. The third kappa shape index (κ3) is 2.07. The highest BCUT2D eigenvalue weighted by Gasteiger charge is 2.25. The minimum absolute atomic E-state index is 0.211. The fraction of sp³-hybridized carbons (Fsp3) is 0.571. The lowest BCUT2D eigenvalue weighted by Gasteiger charge is -2.28. The maximum atomic E-state index is 10.0. The first kappa shape index (κ1) is 11.5. The summed E-state index contributed by atoms with van der Waals surface area (Å²) in [7, 11) is 0. The van der Waals surface area contributed by atoms with E-state index in [2.05, 4.69) is 0 Å². The van der Waals surface area contributed by atoms with Crippen LogP contribution >= 0.6 is 0 Å². The van der Waals surface area contributed by atoms with E-state index >= 15 is 0 Å². The van der Waals surface area contributed by atoms with Crippen molar-refractivity contribution in [3.8, 4) is 5.75 Å². The lowest BCUT2D eigenvalue weighted by molar-refractivity contribution is 0.106. The number of aliphatic hydroxyl groups is 1. The van der Waals surface area contributed by atoms with Crippen LogP contribution in [0.1, 0.15) is 48.3 Å². The molecule has 1 aliphatic rings. The van der Waals surface area contributed by atoms with Crippen LogP contribution in [-0.4, -0.2) is 16.3 Å². The Labute approximate surface area is 96.9 Å². The van der Waals surface area contributed by atoms with Gasteiger partial charge in [0, 0.05) is 5.92 Å². The summed E-state index contributed by atoms with van der Waals surface area (Å²) in [5.41, 5.74) is 3.00. The second-order valence-electron chi connectivity index (χ2n) is 4.96. The summed E-state index contributed by atoms with van der Waals surface area (Å²) in [6.07, 6.45) is 4.08. The Kier molecular flexibility index (Phi) is 3.20. The zero-order chi connectivity index (χ0) is 11.7. The summed E-state index contributed by atoms with van der Waals surface area (Å²) in [6.45, 7) is 3.84. The van der Waals surface area contributed by atoms with Crippen molar-refractivity contribution in [2.24, 2.45) is 0 Å². The van der Waals surface area contributed by atoms with E-state index in [1.165, 1.54) is 12.0 Å². The lowest BCUT2D eigenvalue weighted by Crippen LogP contribution is -2.22. The van der Waals surface area contributed by atoms with Crippen LogP contribution in [0, 0.1) is 13.8 Å². The van der Waals surface area contributed by atoms with Gasteiger partial charge in [-0.15, -0.1) is 0 Å². The summed E-state index contributed by atoms with van der Waals surface area (Å²) in [6, 6.07) is 4.03. The Balaban J connectivity index is 2.32. The molecular formula is C14H20O2. The molecule has 1 aromatic rings. The third-order valence-corrected chi connectivity index (χ3v) is 3.67. The van der Waals surface area contributed by atoms with Crippen molar-refractivity contribution in [3.63, 3.8) is 0 Å². The van der Waals surface area contributed by atoms with Crippen molar-refractivity contribution >= 4 is 0 Å². The Morgan fingerprint density at radius 3 is 2.19 bits per heavy atom. The Bertz CT molecular complexity index is 361. The van der Waals surface area contributed by atoms with Gasteiger partial charge in [-0.25, -0.2) is 0 Å². The zero-order valence-electron chi connectivity index (χ0n) is 10.0. The van der Waals surface area contributed by atoms with Gasteiger partial charge in [-0.2, -0.15) is 0 Å². The molecular weight excluding hydrogens is 200 g/mol. The maximum Gasteiger partial charge on any atom is 0.121 e. The number of aromatic hydroxyl groups is 1. The topological polar surface area (TPSA) is 40.5 Å². The second kappa shape index (κ2) is 4.46. The van der Waals surface area contributed by atoms with E-state index in [0.29, 0.717) is 5.75 Å². The van der Waals surface area contributed by atoms with Gasteiger partial charge >= 0.3 is 0 Å². The van der Waals surface area contributed by atoms with E-state index < -0.39 is 0 Å². The summed E-state index contributed by atoms with van der Waals surface area (Å²) in [4.78, 5) is 0. The SMILES string of the molecule is Cc1cc([C@@H]2CCCC[C@@H]2O)cc(C)c1O. The van der Waals surface area contributed by atoms with Crippen LogP contribution in [0.4, 0.5) is 0 Å². The van der Waals surface area contributed by atoms with Gasteiger partial charge in [-0.05, 0) is 43.4 Å². The molecule has 88 valence electrons. The molecule has 0 saturated heterocycles. The molecule has 0 spiro atoms. The molecule has 0 radical (unpaired) electrons. The first-order chi connectivity index (χ1) is 7.59. The molecule has 0 aromatic heterocycles. The van der Waals surface area contributed by atoms with Crippen LogP contribution in [0.25, 0.3) is 0 Å². The molecule has 0 aliphatic heterocycles. The molecule has 2 N–H and O–H groups in total. The fourth-order valence-corrected chi connectivity index (χ4v) is 2.70. The third-order valence-electron chi connectivity index (χ3n) is 3.67. The van der Waals surface area contributed by atoms with E-state index in [4.69, 9.17) is 0 Å². The first-order valence-corrected chi connectivity index (χ1v) is 6.08. The molecule has 0 bridgehead atoms. The van der Waals surface area contributed by atoms with Crippen molar-refractivity contribution in [2.75, 3.05) is 0 Å². The summed E-state index contributed by atoms with van der Waals surface area (Å²) in [5.74, 6) is 0.640. The van der Waals surface area contributed by atoms with Gasteiger partial charge in [0.2, 0.25) is 0 Å². The average Bonchev–Trinajstić information content (AvgIpc) is 2.26. The molecule has 0 unspecified atom stereocenters. The predicted octanol–water partition coefficient (Wildman–Crippen LogP) is 3.03. The number of benzene rings is 1. The Morgan fingerprint density at radius 1 is 1.06 bits per heavy atom. The molecule has 2 heteroatoms. The predicted molar refractivity (Wildman–Crippen MR) is 64.8 cm³/mol. The standard InChI is InChI=1S/C14H20O2/c1-9-7-11(8-10(2)14(9)16)12-5-3-4-6-13(12)15/h7-8,12-13,15-16H,3-6H2,1-2H3/t12-,13-/m0/s1. The quantitative estimate of drug-likeness (QED) is 0.763. The van der Waals surface area contributed by atoms with Gasteiger partial charge in [0.05, 0.1) is 6.10 Å². The number of hydrogen-bond acceptors (Lipinski definition) is 2. The van der Waals surface area contributed by atoms with Gasteiger partial charge < -0.3 is 10.2 Å².